The smallest absolute Gasteiger partial charge is 0.242 e. The summed E-state index contributed by atoms with van der Waals surface area (Å²) in [7, 11) is 0. The summed E-state index contributed by atoms with van der Waals surface area (Å²) >= 11 is 0. The third kappa shape index (κ3) is 4.19. The number of ether oxygens (including phenoxy) is 1. The Kier molecular flexibility index (Phi) is 6.03. The van der Waals surface area contributed by atoms with Crippen LogP contribution in [0.5, 0.6) is 5.75 Å². The Morgan fingerprint density at radius 3 is 2.64 bits per heavy atom. The average molecular weight is 447 g/mol. The molecule has 2 amide bonds. The predicted octanol–water partition coefficient (Wildman–Crippen LogP) is 3.97. The monoisotopic (exact) mass is 446 g/mol. The SMILES string of the molecule is CCOc1ccccc1N1CC(c2nc3ccccc3n2CC(=O)N2CCCCC2)CC1=O. The van der Waals surface area contributed by atoms with E-state index >= 15 is 0 Å². The van der Waals surface area contributed by atoms with Crippen LogP contribution in [0.3, 0.4) is 0 Å². The summed E-state index contributed by atoms with van der Waals surface area (Å²) in [5, 5.41) is 0. The fraction of sp³-hybridized carbons (Fsp3) is 0.423. The second-order valence-corrected chi connectivity index (χ2v) is 8.79. The van der Waals surface area contributed by atoms with Gasteiger partial charge in [-0.1, -0.05) is 24.3 Å². The number of carbonyl (C=O) groups is 2. The Hall–Kier alpha value is -3.35. The lowest BCUT2D eigenvalue weighted by molar-refractivity contribution is -0.132. The summed E-state index contributed by atoms with van der Waals surface area (Å²) < 4.78 is 7.80. The van der Waals surface area contributed by atoms with Gasteiger partial charge in [-0.25, -0.2) is 4.98 Å². The van der Waals surface area contributed by atoms with Crippen LogP contribution in [0.15, 0.2) is 48.5 Å². The lowest BCUT2D eigenvalue weighted by Gasteiger charge is -2.27. The van der Waals surface area contributed by atoms with Crippen molar-refractivity contribution in [3.63, 3.8) is 0 Å². The quantitative estimate of drug-likeness (QED) is 0.575. The first kappa shape index (κ1) is 21.5. The van der Waals surface area contributed by atoms with E-state index in [2.05, 4.69) is 0 Å². The van der Waals surface area contributed by atoms with Crippen LogP contribution in [0.4, 0.5) is 5.69 Å². The number of carbonyl (C=O) groups excluding carboxylic acids is 2. The molecule has 2 aliphatic rings. The number of rotatable bonds is 6. The third-order valence-corrected chi connectivity index (χ3v) is 6.63. The van der Waals surface area contributed by atoms with E-state index in [1.807, 2.05) is 64.9 Å². The molecule has 2 saturated heterocycles. The summed E-state index contributed by atoms with van der Waals surface area (Å²) in [5.74, 6) is 1.61. The molecule has 7 nitrogen and oxygen atoms in total. The maximum atomic E-state index is 13.1. The van der Waals surface area contributed by atoms with Crippen LogP contribution in [-0.2, 0) is 16.1 Å². The molecule has 33 heavy (non-hydrogen) atoms. The fourth-order valence-corrected chi connectivity index (χ4v) is 5.02. The number of fused-ring (bicyclic) bond motifs is 1. The van der Waals surface area contributed by atoms with Crippen LogP contribution in [-0.4, -0.2) is 52.5 Å². The zero-order chi connectivity index (χ0) is 22.8. The van der Waals surface area contributed by atoms with Crippen molar-refractivity contribution < 1.29 is 14.3 Å². The fourth-order valence-electron chi connectivity index (χ4n) is 5.02. The molecule has 3 aromatic rings. The molecule has 0 saturated carbocycles. The van der Waals surface area contributed by atoms with Gasteiger partial charge in [-0.2, -0.15) is 0 Å². The van der Waals surface area contributed by atoms with E-state index in [9.17, 15) is 9.59 Å². The van der Waals surface area contributed by atoms with E-state index in [4.69, 9.17) is 9.72 Å². The summed E-state index contributed by atoms with van der Waals surface area (Å²) in [6.07, 6.45) is 3.68. The molecule has 5 rings (SSSR count). The molecule has 172 valence electrons. The Balaban J connectivity index is 1.46. The molecule has 1 atom stereocenters. The standard InChI is InChI=1S/C26H30N4O3/c1-2-33-23-13-7-6-12-22(23)29-17-19(16-24(29)31)26-27-20-10-4-5-11-21(20)30(26)18-25(32)28-14-8-3-9-15-28/h4-7,10-13,19H,2-3,8-9,14-18H2,1H3. The Morgan fingerprint density at radius 2 is 1.82 bits per heavy atom. The number of hydrogen-bond donors (Lipinski definition) is 0. The Bertz CT molecular complexity index is 1170. The number of nitrogens with zero attached hydrogens (tertiary/aromatic N) is 4. The number of anilines is 1. The molecular formula is C26H30N4O3. The maximum Gasteiger partial charge on any atom is 0.242 e. The molecule has 0 spiro atoms. The first-order valence-electron chi connectivity index (χ1n) is 11.9. The predicted molar refractivity (Wildman–Crippen MR) is 127 cm³/mol. The van der Waals surface area contributed by atoms with Crippen LogP contribution in [0.1, 0.15) is 44.3 Å². The van der Waals surface area contributed by atoms with E-state index < -0.39 is 0 Å². The number of hydrogen-bond acceptors (Lipinski definition) is 4. The van der Waals surface area contributed by atoms with Crippen molar-refractivity contribution in [2.45, 2.75) is 45.1 Å². The van der Waals surface area contributed by atoms with Gasteiger partial charge in [0.25, 0.3) is 0 Å². The highest BCUT2D eigenvalue weighted by atomic mass is 16.5. The largest absolute Gasteiger partial charge is 0.492 e. The minimum atomic E-state index is -0.0891. The second-order valence-electron chi connectivity index (χ2n) is 8.79. The molecular weight excluding hydrogens is 416 g/mol. The molecule has 0 aliphatic carbocycles. The molecule has 3 heterocycles. The van der Waals surface area contributed by atoms with Crippen LogP contribution >= 0.6 is 0 Å². The van der Waals surface area contributed by atoms with Crippen molar-refractivity contribution in [3.8, 4) is 5.75 Å². The number of likely N-dealkylation sites (tertiary alicyclic amines) is 1. The van der Waals surface area contributed by atoms with Crippen LogP contribution in [0.25, 0.3) is 11.0 Å². The van der Waals surface area contributed by atoms with Gasteiger partial charge in [0, 0.05) is 32.0 Å². The van der Waals surface area contributed by atoms with Crippen molar-refractivity contribution in [3.05, 3.63) is 54.4 Å². The number of imidazole rings is 1. The van der Waals surface area contributed by atoms with Gasteiger partial charge in [0.15, 0.2) is 0 Å². The Labute approximate surface area is 193 Å². The van der Waals surface area contributed by atoms with E-state index in [0.717, 1.165) is 48.5 Å². The maximum absolute atomic E-state index is 13.1. The van der Waals surface area contributed by atoms with Gasteiger partial charge in [0.1, 0.15) is 18.1 Å². The molecule has 1 aromatic heterocycles. The lowest BCUT2D eigenvalue weighted by atomic mass is 10.1. The number of piperidine rings is 1. The second kappa shape index (κ2) is 9.25. The third-order valence-electron chi connectivity index (χ3n) is 6.63. The molecule has 7 heteroatoms. The van der Waals surface area contributed by atoms with E-state index in [-0.39, 0.29) is 24.3 Å². The zero-order valence-corrected chi connectivity index (χ0v) is 19.1. The minimum absolute atomic E-state index is 0.0492. The highest BCUT2D eigenvalue weighted by Gasteiger charge is 2.36. The minimum Gasteiger partial charge on any atom is -0.492 e. The topological polar surface area (TPSA) is 67.7 Å². The normalized spacial score (nSPS) is 18.8. The van der Waals surface area contributed by atoms with Crippen LogP contribution in [0, 0.1) is 0 Å². The van der Waals surface area contributed by atoms with Crippen molar-refractivity contribution in [1.29, 1.82) is 0 Å². The van der Waals surface area contributed by atoms with E-state index in [1.54, 1.807) is 4.90 Å². The van der Waals surface area contributed by atoms with Gasteiger partial charge in [0.2, 0.25) is 11.8 Å². The molecule has 2 fully saturated rings. The van der Waals surface area contributed by atoms with Crippen LogP contribution < -0.4 is 9.64 Å². The molecule has 0 radical (unpaired) electrons. The molecule has 1 unspecified atom stereocenters. The van der Waals surface area contributed by atoms with Crippen molar-refractivity contribution in [1.82, 2.24) is 14.5 Å². The van der Waals surface area contributed by atoms with Crippen molar-refractivity contribution in [2.24, 2.45) is 0 Å². The summed E-state index contributed by atoms with van der Waals surface area (Å²) in [6.45, 7) is 4.90. The van der Waals surface area contributed by atoms with Gasteiger partial charge in [-0.3, -0.25) is 9.59 Å². The van der Waals surface area contributed by atoms with Crippen LogP contribution in [0.2, 0.25) is 0 Å². The molecule has 2 aliphatic heterocycles. The highest BCUT2D eigenvalue weighted by molar-refractivity contribution is 5.98. The number of amides is 2. The van der Waals surface area contributed by atoms with Crippen molar-refractivity contribution in [2.75, 3.05) is 31.1 Å². The first-order valence-corrected chi connectivity index (χ1v) is 11.9. The number of para-hydroxylation sites is 4. The zero-order valence-electron chi connectivity index (χ0n) is 19.1. The van der Waals surface area contributed by atoms with Gasteiger partial charge >= 0.3 is 0 Å². The van der Waals surface area contributed by atoms with E-state index in [0.29, 0.717) is 25.3 Å². The number of benzene rings is 2. The first-order chi connectivity index (χ1) is 16.2. The van der Waals surface area contributed by atoms with Gasteiger partial charge in [-0.15, -0.1) is 0 Å². The molecule has 2 aromatic carbocycles. The van der Waals surface area contributed by atoms with Gasteiger partial charge in [-0.05, 0) is 50.5 Å². The van der Waals surface area contributed by atoms with E-state index in [1.165, 1.54) is 6.42 Å². The average Bonchev–Trinajstić information content (AvgIpc) is 3.41. The summed E-state index contributed by atoms with van der Waals surface area (Å²) in [6, 6.07) is 15.6. The summed E-state index contributed by atoms with van der Waals surface area (Å²) in [5.41, 5.74) is 2.59. The number of aromatic nitrogens is 2. The lowest BCUT2D eigenvalue weighted by Crippen LogP contribution is -2.38. The Morgan fingerprint density at radius 1 is 1.06 bits per heavy atom. The highest BCUT2D eigenvalue weighted by Crippen LogP contribution is 2.37. The van der Waals surface area contributed by atoms with Gasteiger partial charge < -0.3 is 19.1 Å². The van der Waals surface area contributed by atoms with Gasteiger partial charge in [0.05, 0.1) is 23.3 Å². The molecule has 0 N–H and O–H groups in total. The van der Waals surface area contributed by atoms with Crippen molar-refractivity contribution >= 4 is 28.5 Å². The summed E-state index contributed by atoms with van der Waals surface area (Å²) in [4.78, 5) is 34.9. The molecule has 0 bridgehead atoms.